The van der Waals surface area contributed by atoms with Gasteiger partial charge in [-0.3, -0.25) is 0 Å². The largest absolute Gasteiger partial charge is 0.478 e. The van der Waals surface area contributed by atoms with Gasteiger partial charge in [0.15, 0.2) is 0 Å². The number of ether oxygens (including phenoxy) is 1. The number of nitrogen functional groups attached to an aromatic ring is 1. The summed E-state index contributed by atoms with van der Waals surface area (Å²) in [5.41, 5.74) is 6.97. The van der Waals surface area contributed by atoms with E-state index < -0.39 is 5.97 Å². The molecule has 0 aromatic heterocycles. The Morgan fingerprint density at radius 1 is 1.39 bits per heavy atom. The van der Waals surface area contributed by atoms with E-state index in [0.717, 1.165) is 25.9 Å². The fourth-order valence-corrected chi connectivity index (χ4v) is 1.71. The molecule has 5 nitrogen and oxygen atoms in total. The number of anilines is 2. The van der Waals surface area contributed by atoms with Crippen LogP contribution >= 0.6 is 0 Å². The first-order valence-corrected chi connectivity index (χ1v) is 6.01. The zero-order valence-corrected chi connectivity index (χ0v) is 10.6. The second kappa shape index (κ2) is 7.55. The molecule has 0 fully saturated rings. The number of carboxylic acid groups (broad SMARTS) is 1. The lowest BCUT2D eigenvalue weighted by Crippen LogP contribution is -2.10. The van der Waals surface area contributed by atoms with Crippen LogP contribution in [0.4, 0.5) is 11.4 Å². The highest BCUT2D eigenvalue weighted by molar-refractivity contribution is 5.97. The number of carbonyl (C=O) groups is 1. The summed E-state index contributed by atoms with van der Waals surface area (Å²) in [5, 5.41) is 12.1. The number of benzene rings is 1. The predicted octanol–water partition coefficient (Wildman–Crippen LogP) is 2.20. The van der Waals surface area contributed by atoms with Crippen LogP contribution in [0.25, 0.3) is 0 Å². The second-order valence-corrected chi connectivity index (χ2v) is 4.06. The number of methoxy groups -OCH3 is 1. The van der Waals surface area contributed by atoms with E-state index in [4.69, 9.17) is 15.6 Å². The van der Waals surface area contributed by atoms with E-state index in [9.17, 15) is 4.79 Å². The number of aromatic carboxylic acids is 1. The van der Waals surface area contributed by atoms with Crippen LogP contribution in [-0.4, -0.2) is 31.3 Å². The summed E-state index contributed by atoms with van der Waals surface area (Å²) in [7, 11) is 1.68. The first kappa shape index (κ1) is 14.3. The van der Waals surface area contributed by atoms with Crippen LogP contribution in [0, 0.1) is 0 Å². The molecule has 4 N–H and O–H groups in total. The van der Waals surface area contributed by atoms with Crippen LogP contribution in [-0.2, 0) is 4.74 Å². The van der Waals surface area contributed by atoms with Crippen LogP contribution in [0.15, 0.2) is 18.2 Å². The fourth-order valence-electron chi connectivity index (χ4n) is 1.71. The van der Waals surface area contributed by atoms with Gasteiger partial charge in [-0.05, 0) is 31.4 Å². The van der Waals surface area contributed by atoms with Gasteiger partial charge in [0.25, 0.3) is 0 Å². The van der Waals surface area contributed by atoms with Crippen LogP contribution in [0.3, 0.4) is 0 Å². The van der Waals surface area contributed by atoms with Crippen LogP contribution < -0.4 is 11.1 Å². The molecule has 0 heterocycles. The van der Waals surface area contributed by atoms with Gasteiger partial charge in [0, 0.05) is 20.3 Å². The van der Waals surface area contributed by atoms with Crippen molar-refractivity contribution in [3.8, 4) is 0 Å². The molecule has 0 unspecified atom stereocenters. The van der Waals surface area contributed by atoms with Crippen molar-refractivity contribution in [1.82, 2.24) is 0 Å². The Morgan fingerprint density at radius 2 is 2.17 bits per heavy atom. The molecule has 1 aromatic carbocycles. The van der Waals surface area contributed by atoms with Gasteiger partial charge in [0.2, 0.25) is 0 Å². The minimum absolute atomic E-state index is 0.215. The Balaban J connectivity index is 2.48. The maximum absolute atomic E-state index is 11.0. The van der Waals surface area contributed by atoms with Crippen molar-refractivity contribution in [3.05, 3.63) is 23.8 Å². The van der Waals surface area contributed by atoms with Gasteiger partial charge in [-0.2, -0.15) is 0 Å². The van der Waals surface area contributed by atoms with E-state index in [1.807, 2.05) is 0 Å². The lowest BCUT2D eigenvalue weighted by Gasteiger charge is -2.12. The number of hydrogen-bond donors (Lipinski definition) is 3. The number of carboxylic acids is 1. The third-order valence-corrected chi connectivity index (χ3v) is 2.65. The molecule has 0 amide bonds. The molecule has 18 heavy (non-hydrogen) atoms. The molecule has 5 heteroatoms. The van der Waals surface area contributed by atoms with Gasteiger partial charge in [0.05, 0.1) is 16.9 Å². The number of rotatable bonds is 8. The molecule has 0 radical (unpaired) electrons. The summed E-state index contributed by atoms with van der Waals surface area (Å²) in [6.07, 6.45) is 3.00. The molecule has 0 aliphatic heterocycles. The minimum Gasteiger partial charge on any atom is -0.478 e. The summed E-state index contributed by atoms with van der Waals surface area (Å²) < 4.78 is 4.96. The van der Waals surface area contributed by atoms with Gasteiger partial charge in [-0.25, -0.2) is 4.79 Å². The van der Waals surface area contributed by atoms with E-state index in [1.165, 1.54) is 0 Å². The van der Waals surface area contributed by atoms with Crippen LogP contribution in [0.2, 0.25) is 0 Å². The second-order valence-electron chi connectivity index (χ2n) is 4.06. The standard InChI is InChI=1S/C13H20N2O3/c1-18-9-4-2-3-8-15-12-10(13(16)17)6-5-7-11(12)14/h5-7,15H,2-4,8-9,14H2,1H3,(H,16,17). The highest BCUT2D eigenvalue weighted by atomic mass is 16.5. The quantitative estimate of drug-likeness (QED) is 0.488. The van der Waals surface area contributed by atoms with Crippen molar-refractivity contribution in [2.24, 2.45) is 0 Å². The van der Waals surface area contributed by atoms with Crippen molar-refractivity contribution < 1.29 is 14.6 Å². The van der Waals surface area contributed by atoms with Gasteiger partial charge in [-0.15, -0.1) is 0 Å². The molecule has 0 atom stereocenters. The zero-order valence-electron chi connectivity index (χ0n) is 10.6. The van der Waals surface area contributed by atoms with Crippen molar-refractivity contribution in [2.75, 3.05) is 31.3 Å². The topological polar surface area (TPSA) is 84.6 Å². The Bertz CT molecular complexity index is 394. The third kappa shape index (κ3) is 4.25. The fraction of sp³-hybridized carbons (Fsp3) is 0.462. The normalized spacial score (nSPS) is 10.3. The highest BCUT2D eigenvalue weighted by Gasteiger charge is 2.11. The molecular formula is C13H20N2O3. The van der Waals surface area contributed by atoms with E-state index in [1.54, 1.807) is 25.3 Å². The molecule has 1 aromatic rings. The number of para-hydroxylation sites is 1. The molecule has 100 valence electrons. The van der Waals surface area contributed by atoms with Crippen molar-refractivity contribution in [2.45, 2.75) is 19.3 Å². The summed E-state index contributed by atoms with van der Waals surface area (Å²) in [5.74, 6) is -0.968. The third-order valence-electron chi connectivity index (χ3n) is 2.65. The lowest BCUT2D eigenvalue weighted by atomic mass is 10.1. The number of nitrogens with two attached hydrogens (primary N) is 1. The molecule has 0 saturated carbocycles. The van der Waals surface area contributed by atoms with E-state index in [0.29, 0.717) is 17.9 Å². The molecule has 0 bridgehead atoms. The maximum atomic E-state index is 11.0. The monoisotopic (exact) mass is 252 g/mol. The van der Waals surface area contributed by atoms with Gasteiger partial charge >= 0.3 is 5.97 Å². The van der Waals surface area contributed by atoms with Crippen molar-refractivity contribution >= 4 is 17.3 Å². The van der Waals surface area contributed by atoms with E-state index >= 15 is 0 Å². The predicted molar refractivity (Wildman–Crippen MR) is 72.0 cm³/mol. The van der Waals surface area contributed by atoms with Crippen LogP contribution in [0.5, 0.6) is 0 Å². The first-order chi connectivity index (χ1) is 8.66. The summed E-state index contributed by atoms with van der Waals surface area (Å²) in [4.78, 5) is 11.0. The summed E-state index contributed by atoms with van der Waals surface area (Å²) in [6, 6.07) is 4.88. The summed E-state index contributed by atoms with van der Waals surface area (Å²) >= 11 is 0. The molecular weight excluding hydrogens is 232 g/mol. The average Bonchev–Trinajstić information content (AvgIpc) is 2.34. The van der Waals surface area contributed by atoms with E-state index in [-0.39, 0.29) is 5.56 Å². The smallest absolute Gasteiger partial charge is 0.337 e. The molecule has 1 rings (SSSR count). The van der Waals surface area contributed by atoms with Crippen molar-refractivity contribution in [3.63, 3.8) is 0 Å². The summed E-state index contributed by atoms with van der Waals surface area (Å²) in [6.45, 7) is 1.46. The minimum atomic E-state index is -0.968. The molecule has 0 aliphatic rings. The number of nitrogens with one attached hydrogen (secondary N) is 1. The number of unbranched alkanes of at least 4 members (excludes halogenated alkanes) is 2. The maximum Gasteiger partial charge on any atom is 0.337 e. The lowest BCUT2D eigenvalue weighted by molar-refractivity contribution is 0.0698. The highest BCUT2D eigenvalue weighted by Crippen LogP contribution is 2.23. The first-order valence-electron chi connectivity index (χ1n) is 6.01. The Morgan fingerprint density at radius 3 is 2.83 bits per heavy atom. The zero-order chi connectivity index (χ0) is 13.4. The SMILES string of the molecule is COCCCCCNc1c(N)cccc1C(=O)O. The molecule has 0 spiro atoms. The average molecular weight is 252 g/mol. The van der Waals surface area contributed by atoms with Crippen molar-refractivity contribution in [1.29, 1.82) is 0 Å². The Kier molecular flexibility index (Phi) is 6.00. The van der Waals surface area contributed by atoms with Crippen LogP contribution in [0.1, 0.15) is 29.6 Å². The van der Waals surface area contributed by atoms with Gasteiger partial charge in [0.1, 0.15) is 0 Å². The van der Waals surface area contributed by atoms with Gasteiger partial charge in [-0.1, -0.05) is 6.07 Å². The molecule has 0 saturated heterocycles. The molecule has 0 aliphatic carbocycles. The van der Waals surface area contributed by atoms with E-state index in [2.05, 4.69) is 5.32 Å². The van der Waals surface area contributed by atoms with Gasteiger partial charge < -0.3 is 20.9 Å². The number of hydrogen-bond acceptors (Lipinski definition) is 4. The Labute approximate surface area is 107 Å². The Hall–Kier alpha value is -1.75.